The number of aryl methyl sites for hydroxylation is 2. The third kappa shape index (κ3) is 3.87. The average molecular weight is 455 g/mol. The Morgan fingerprint density at radius 1 is 0.971 bits per heavy atom. The molecule has 0 radical (unpaired) electrons. The highest BCUT2D eigenvalue weighted by atomic mass is 16.5. The first kappa shape index (κ1) is 23.3. The van der Waals surface area contributed by atoms with Crippen LogP contribution in [0.4, 0.5) is 0 Å². The number of hydrogen-bond donors (Lipinski definition) is 0. The second kappa shape index (κ2) is 9.18. The van der Waals surface area contributed by atoms with E-state index >= 15 is 0 Å². The summed E-state index contributed by atoms with van der Waals surface area (Å²) < 4.78 is 7.26. The number of ether oxygens (including phenoxy) is 1. The summed E-state index contributed by atoms with van der Waals surface area (Å²) in [5.74, 6) is -0.706. The normalized spacial score (nSPS) is 15.9. The van der Waals surface area contributed by atoms with Gasteiger partial charge in [0.25, 0.3) is 5.91 Å². The zero-order chi connectivity index (χ0) is 24.6. The Labute approximate surface area is 201 Å². The van der Waals surface area contributed by atoms with Crippen molar-refractivity contribution in [2.75, 3.05) is 7.11 Å². The van der Waals surface area contributed by atoms with Crippen LogP contribution in [-0.2, 0) is 14.3 Å². The molecule has 0 unspecified atom stereocenters. The molecule has 0 N–H and O–H groups in total. The zero-order valence-corrected chi connectivity index (χ0v) is 20.5. The van der Waals surface area contributed by atoms with Crippen LogP contribution in [0.5, 0.6) is 0 Å². The summed E-state index contributed by atoms with van der Waals surface area (Å²) >= 11 is 0. The van der Waals surface area contributed by atoms with Gasteiger partial charge in [-0.1, -0.05) is 48.5 Å². The first-order chi connectivity index (χ1) is 16.3. The van der Waals surface area contributed by atoms with E-state index in [4.69, 9.17) is 4.74 Å². The van der Waals surface area contributed by atoms with Gasteiger partial charge in [-0.05, 0) is 69.5 Å². The number of amides is 1. The number of hydrogen-bond acceptors (Lipinski definition) is 3. The van der Waals surface area contributed by atoms with E-state index in [1.54, 1.807) is 11.8 Å². The molecule has 1 aliphatic heterocycles. The molecule has 1 aliphatic rings. The molecule has 5 nitrogen and oxygen atoms in total. The summed E-state index contributed by atoms with van der Waals surface area (Å²) in [6.45, 7) is 9.94. The van der Waals surface area contributed by atoms with Gasteiger partial charge in [-0.2, -0.15) is 0 Å². The maximum atomic E-state index is 13.7. The van der Waals surface area contributed by atoms with Gasteiger partial charge in [0, 0.05) is 22.8 Å². The monoisotopic (exact) mass is 454 g/mol. The van der Waals surface area contributed by atoms with Gasteiger partial charge in [0.05, 0.1) is 24.3 Å². The van der Waals surface area contributed by atoms with Crippen molar-refractivity contribution in [3.63, 3.8) is 0 Å². The minimum atomic E-state index is -0.507. The molecule has 1 amide bonds. The van der Waals surface area contributed by atoms with Crippen molar-refractivity contribution >= 4 is 18.0 Å². The number of carbonyl (C=O) groups excluding carboxylic acids is 2. The van der Waals surface area contributed by atoms with E-state index in [1.165, 1.54) is 7.11 Å². The van der Waals surface area contributed by atoms with Crippen molar-refractivity contribution in [1.82, 2.24) is 9.47 Å². The van der Waals surface area contributed by atoms with E-state index in [1.807, 2.05) is 69.3 Å². The Morgan fingerprint density at radius 3 is 2.26 bits per heavy atom. The van der Waals surface area contributed by atoms with Gasteiger partial charge in [-0.15, -0.1) is 0 Å². The van der Waals surface area contributed by atoms with Crippen LogP contribution in [0.2, 0.25) is 0 Å². The average Bonchev–Trinajstić information content (AvgIpc) is 3.25. The summed E-state index contributed by atoms with van der Waals surface area (Å²) in [6, 6.07) is 19.8. The minimum absolute atomic E-state index is 0.199. The van der Waals surface area contributed by atoms with Crippen LogP contribution < -0.4 is 0 Å². The molecule has 0 aliphatic carbocycles. The van der Waals surface area contributed by atoms with Crippen LogP contribution in [0.25, 0.3) is 11.8 Å². The third-order valence-corrected chi connectivity index (χ3v) is 6.63. The minimum Gasteiger partial charge on any atom is -0.465 e. The molecule has 174 valence electrons. The molecule has 0 bridgehead atoms. The lowest BCUT2D eigenvalue weighted by Crippen LogP contribution is -2.28. The van der Waals surface area contributed by atoms with E-state index in [0.717, 1.165) is 33.8 Å². The van der Waals surface area contributed by atoms with Gasteiger partial charge in [-0.3, -0.25) is 4.79 Å². The summed E-state index contributed by atoms with van der Waals surface area (Å²) in [5.41, 5.74) is 7.49. The molecule has 34 heavy (non-hydrogen) atoms. The fraction of sp³-hybridized carbons (Fsp3) is 0.241. The van der Waals surface area contributed by atoms with Crippen molar-refractivity contribution in [2.45, 2.75) is 40.7 Å². The number of carbonyl (C=O) groups is 2. The maximum absolute atomic E-state index is 13.7. The molecular weight excluding hydrogens is 424 g/mol. The Kier molecular flexibility index (Phi) is 6.29. The van der Waals surface area contributed by atoms with E-state index in [9.17, 15) is 9.59 Å². The summed E-state index contributed by atoms with van der Waals surface area (Å²) in [7, 11) is 1.35. The number of methoxy groups -OCH3 is 1. The quantitative estimate of drug-likeness (QED) is 0.360. The zero-order valence-electron chi connectivity index (χ0n) is 20.5. The molecule has 0 saturated heterocycles. The molecule has 3 aromatic rings. The lowest BCUT2D eigenvalue weighted by Gasteiger charge is -2.26. The number of esters is 1. The van der Waals surface area contributed by atoms with Gasteiger partial charge in [0.2, 0.25) is 0 Å². The van der Waals surface area contributed by atoms with Crippen molar-refractivity contribution in [3.05, 3.63) is 106 Å². The highest BCUT2D eigenvalue weighted by molar-refractivity contribution is 6.16. The molecule has 0 spiro atoms. The van der Waals surface area contributed by atoms with Crippen LogP contribution in [0, 0.1) is 20.8 Å². The van der Waals surface area contributed by atoms with Crippen LogP contribution in [0.3, 0.4) is 0 Å². The molecule has 1 aromatic heterocycles. The van der Waals surface area contributed by atoms with E-state index in [-0.39, 0.29) is 11.9 Å². The fourth-order valence-corrected chi connectivity index (χ4v) is 4.82. The van der Waals surface area contributed by atoms with Crippen molar-refractivity contribution < 1.29 is 14.3 Å². The highest BCUT2D eigenvalue weighted by Crippen LogP contribution is 2.38. The van der Waals surface area contributed by atoms with Crippen molar-refractivity contribution in [1.29, 1.82) is 0 Å². The third-order valence-electron chi connectivity index (χ3n) is 6.63. The summed E-state index contributed by atoms with van der Waals surface area (Å²) in [4.78, 5) is 28.2. The molecule has 2 heterocycles. The lowest BCUT2D eigenvalue weighted by atomic mass is 10.0. The largest absolute Gasteiger partial charge is 0.465 e. The van der Waals surface area contributed by atoms with Crippen LogP contribution in [0.15, 0.2) is 77.5 Å². The summed E-state index contributed by atoms with van der Waals surface area (Å²) in [6.07, 6.45) is 1.83. The fourth-order valence-electron chi connectivity index (χ4n) is 4.82. The van der Waals surface area contributed by atoms with Gasteiger partial charge < -0.3 is 14.2 Å². The second-order valence-electron chi connectivity index (χ2n) is 8.72. The molecule has 0 fully saturated rings. The lowest BCUT2D eigenvalue weighted by molar-refractivity contribution is -0.136. The number of para-hydroxylation sites is 1. The van der Waals surface area contributed by atoms with Gasteiger partial charge in [0.15, 0.2) is 0 Å². The van der Waals surface area contributed by atoms with Crippen LogP contribution in [0.1, 0.15) is 48.0 Å². The molecule has 4 rings (SSSR count). The van der Waals surface area contributed by atoms with E-state index in [2.05, 4.69) is 29.7 Å². The van der Waals surface area contributed by atoms with Gasteiger partial charge in [-0.25, -0.2) is 4.79 Å². The molecule has 0 saturated carbocycles. The number of allylic oxidation sites excluding steroid dienone is 1. The van der Waals surface area contributed by atoms with Crippen LogP contribution >= 0.6 is 0 Å². The van der Waals surface area contributed by atoms with Crippen LogP contribution in [-0.4, -0.2) is 28.5 Å². The second-order valence-corrected chi connectivity index (χ2v) is 8.72. The Morgan fingerprint density at radius 2 is 1.62 bits per heavy atom. The van der Waals surface area contributed by atoms with E-state index < -0.39 is 5.97 Å². The predicted octanol–water partition coefficient (Wildman–Crippen LogP) is 5.84. The standard InChI is InChI=1S/C29H30N2O3/c1-18-12-10-11-15-26(18)30-19(2)16-24(21(30)4)17-25-27(29(33)34-6)22(5)31(28(25)32)20(3)23-13-8-7-9-14-23/h7-17,20H,1-6H3/b25-17-/t20-/m1/s1. The van der Waals surface area contributed by atoms with Gasteiger partial charge >= 0.3 is 5.97 Å². The predicted molar refractivity (Wildman–Crippen MR) is 134 cm³/mol. The Bertz CT molecular complexity index is 1330. The molecular formula is C29H30N2O3. The number of aromatic nitrogens is 1. The topological polar surface area (TPSA) is 51.5 Å². The van der Waals surface area contributed by atoms with Gasteiger partial charge in [0.1, 0.15) is 0 Å². The first-order valence-corrected chi connectivity index (χ1v) is 11.4. The SMILES string of the molecule is COC(=O)C1=C(C)N([C@H](C)c2ccccc2)C(=O)/C1=C\c1cc(C)n(-c2ccccc2C)c1C. The van der Waals surface area contributed by atoms with E-state index in [0.29, 0.717) is 16.8 Å². The number of rotatable bonds is 5. The molecule has 2 aromatic carbocycles. The molecule has 5 heteroatoms. The summed E-state index contributed by atoms with van der Waals surface area (Å²) in [5, 5.41) is 0. The molecule has 1 atom stereocenters. The van der Waals surface area contributed by atoms with Crippen molar-refractivity contribution in [3.8, 4) is 5.69 Å². The highest BCUT2D eigenvalue weighted by Gasteiger charge is 2.39. The number of nitrogens with zero attached hydrogens (tertiary/aromatic N) is 2. The first-order valence-electron chi connectivity index (χ1n) is 11.4. The number of benzene rings is 2. The Hall–Kier alpha value is -3.86. The van der Waals surface area contributed by atoms with Crippen molar-refractivity contribution in [2.24, 2.45) is 0 Å². The maximum Gasteiger partial charge on any atom is 0.340 e. The smallest absolute Gasteiger partial charge is 0.340 e. The Balaban J connectivity index is 1.83.